The first-order chi connectivity index (χ1) is 9.65. The molecule has 20 heavy (non-hydrogen) atoms. The van der Waals surface area contributed by atoms with Crippen LogP contribution in [0.3, 0.4) is 0 Å². The quantitative estimate of drug-likeness (QED) is 0.907. The zero-order valence-corrected chi connectivity index (χ0v) is 11.4. The molecule has 1 aliphatic heterocycles. The van der Waals surface area contributed by atoms with E-state index >= 15 is 0 Å². The van der Waals surface area contributed by atoms with Gasteiger partial charge in [0.05, 0.1) is 11.3 Å². The van der Waals surface area contributed by atoms with Crippen molar-refractivity contribution in [1.82, 2.24) is 0 Å². The lowest BCUT2D eigenvalue weighted by Gasteiger charge is -2.13. The van der Waals surface area contributed by atoms with Crippen molar-refractivity contribution in [3.8, 4) is 0 Å². The average molecular weight is 265 g/mol. The third-order valence-corrected chi connectivity index (χ3v) is 3.24. The molecule has 0 aromatic heterocycles. The molecule has 1 aliphatic rings. The standard InChI is InChI=1S/C16H15N3O/c1-19(2)12-9-7-11(8-10-12)17-16-15(20)13-5-3-4-6-14(13)18-16/h3-10H,1-2H3,(H,17,18,20). The van der Waals surface area contributed by atoms with Crippen LogP contribution in [-0.4, -0.2) is 25.7 Å². The van der Waals surface area contributed by atoms with Crippen LogP contribution in [0.2, 0.25) is 0 Å². The number of ketones is 1. The summed E-state index contributed by atoms with van der Waals surface area (Å²) in [4.78, 5) is 18.5. The number of anilines is 2. The Morgan fingerprint density at radius 3 is 2.35 bits per heavy atom. The molecule has 2 aromatic rings. The van der Waals surface area contributed by atoms with Crippen molar-refractivity contribution in [2.45, 2.75) is 0 Å². The number of hydrogen-bond acceptors (Lipinski definition) is 4. The molecule has 0 radical (unpaired) electrons. The van der Waals surface area contributed by atoms with E-state index in [0.717, 1.165) is 17.1 Å². The Hall–Kier alpha value is -2.62. The van der Waals surface area contributed by atoms with Gasteiger partial charge in [0.15, 0.2) is 5.84 Å². The number of carbonyl (C=O) groups is 1. The topological polar surface area (TPSA) is 44.7 Å². The van der Waals surface area contributed by atoms with Crippen LogP contribution < -0.4 is 10.2 Å². The van der Waals surface area contributed by atoms with Gasteiger partial charge in [-0.05, 0) is 36.4 Å². The number of fused-ring (bicyclic) bond motifs is 1. The number of para-hydroxylation sites is 1. The number of amidine groups is 1. The van der Waals surface area contributed by atoms with Gasteiger partial charge >= 0.3 is 0 Å². The number of aliphatic imine (C=N–C) groups is 1. The van der Waals surface area contributed by atoms with E-state index in [1.165, 1.54) is 0 Å². The van der Waals surface area contributed by atoms with Crippen LogP contribution in [0, 0.1) is 0 Å². The van der Waals surface area contributed by atoms with Crippen LogP contribution >= 0.6 is 0 Å². The van der Waals surface area contributed by atoms with Crippen molar-refractivity contribution >= 4 is 28.7 Å². The van der Waals surface area contributed by atoms with Gasteiger partial charge in [-0.15, -0.1) is 0 Å². The van der Waals surface area contributed by atoms with Gasteiger partial charge in [-0.25, -0.2) is 4.99 Å². The zero-order chi connectivity index (χ0) is 14.1. The molecule has 0 aliphatic carbocycles. The smallest absolute Gasteiger partial charge is 0.230 e. The second-order valence-electron chi connectivity index (χ2n) is 4.87. The van der Waals surface area contributed by atoms with Crippen molar-refractivity contribution in [2.24, 2.45) is 4.99 Å². The Balaban J connectivity index is 1.81. The molecule has 0 fully saturated rings. The number of benzene rings is 2. The Morgan fingerprint density at radius 2 is 1.70 bits per heavy atom. The summed E-state index contributed by atoms with van der Waals surface area (Å²) < 4.78 is 0. The molecule has 100 valence electrons. The largest absolute Gasteiger partial charge is 0.378 e. The lowest BCUT2D eigenvalue weighted by molar-refractivity contribution is 0.106. The van der Waals surface area contributed by atoms with E-state index in [0.29, 0.717) is 11.4 Å². The fourth-order valence-corrected chi connectivity index (χ4v) is 2.13. The summed E-state index contributed by atoms with van der Waals surface area (Å²) in [6, 6.07) is 15.2. The SMILES string of the molecule is CN(C)c1ccc(NC2=Nc3ccccc3C2=O)cc1. The summed E-state index contributed by atoms with van der Waals surface area (Å²) in [6.45, 7) is 0. The molecule has 0 bridgehead atoms. The maximum Gasteiger partial charge on any atom is 0.230 e. The summed E-state index contributed by atoms with van der Waals surface area (Å²) in [5.41, 5.74) is 3.35. The van der Waals surface area contributed by atoms with E-state index in [-0.39, 0.29) is 5.78 Å². The van der Waals surface area contributed by atoms with E-state index in [1.54, 1.807) is 6.07 Å². The van der Waals surface area contributed by atoms with Crippen molar-refractivity contribution in [2.75, 3.05) is 24.3 Å². The normalized spacial score (nSPS) is 12.9. The number of nitrogens with zero attached hydrogens (tertiary/aromatic N) is 2. The molecular formula is C16H15N3O. The molecule has 3 rings (SSSR count). The predicted octanol–water partition coefficient (Wildman–Crippen LogP) is 3.09. The molecule has 2 aromatic carbocycles. The molecule has 0 saturated heterocycles. The maximum atomic E-state index is 12.2. The molecule has 1 N–H and O–H groups in total. The van der Waals surface area contributed by atoms with Gasteiger partial charge in [0.25, 0.3) is 0 Å². The molecule has 0 unspecified atom stereocenters. The highest BCUT2D eigenvalue weighted by Gasteiger charge is 2.23. The van der Waals surface area contributed by atoms with Gasteiger partial charge in [-0.1, -0.05) is 12.1 Å². The van der Waals surface area contributed by atoms with E-state index < -0.39 is 0 Å². The molecule has 4 heteroatoms. The van der Waals surface area contributed by atoms with Crippen LogP contribution in [0.15, 0.2) is 53.5 Å². The van der Waals surface area contributed by atoms with Gasteiger partial charge in [0, 0.05) is 25.5 Å². The summed E-state index contributed by atoms with van der Waals surface area (Å²) in [5, 5.41) is 3.09. The van der Waals surface area contributed by atoms with Crippen LogP contribution in [-0.2, 0) is 0 Å². The highest BCUT2D eigenvalue weighted by molar-refractivity contribution is 6.52. The lowest BCUT2D eigenvalue weighted by Crippen LogP contribution is -2.19. The lowest BCUT2D eigenvalue weighted by atomic mass is 10.1. The Kier molecular flexibility index (Phi) is 2.99. The molecule has 0 saturated carbocycles. The molecular weight excluding hydrogens is 250 g/mol. The minimum absolute atomic E-state index is 0.0581. The van der Waals surface area contributed by atoms with Gasteiger partial charge < -0.3 is 10.2 Å². The molecule has 0 spiro atoms. The third-order valence-electron chi connectivity index (χ3n) is 3.24. The first-order valence-electron chi connectivity index (χ1n) is 6.42. The number of Topliss-reactive ketones (excluding diaryl/α,β-unsaturated/α-hetero) is 1. The highest BCUT2D eigenvalue weighted by Crippen LogP contribution is 2.26. The summed E-state index contributed by atoms with van der Waals surface area (Å²) in [7, 11) is 3.98. The minimum Gasteiger partial charge on any atom is -0.378 e. The minimum atomic E-state index is -0.0581. The third kappa shape index (κ3) is 2.16. The summed E-state index contributed by atoms with van der Waals surface area (Å²) >= 11 is 0. The maximum absolute atomic E-state index is 12.2. The number of nitrogens with one attached hydrogen (secondary N) is 1. The van der Waals surface area contributed by atoms with Gasteiger partial charge in [0.2, 0.25) is 5.78 Å². The molecule has 4 nitrogen and oxygen atoms in total. The van der Waals surface area contributed by atoms with E-state index in [4.69, 9.17) is 0 Å². The molecule has 0 amide bonds. The predicted molar refractivity (Wildman–Crippen MR) is 82.3 cm³/mol. The van der Waals surface area contributed by atoms with E-state index in [1.807, 2.05) is 61.5 Å². The van der Waals surface area contributed by atoms with Crippen molar-refractivity contribution in [3.05, 3.63) is 54.1 Å². The van der Waals surface area contributed by atoms with Crippen LogP contribution in [0.1, 0.15) is 10.4 Å². The Bertz CT molecular complexity index is 687. The van der Waals surface area contributed by atoms with Crippen molar-refractivity contribution in [1.29, 1.82) is 0 Å². The summed E-state index contributed by atoms with van der Waals surface area (Å²) in [6.07, 6.45) is 0. The van der Waals surface area contributed by atoms with Crippen molar-refractivity contribution in [3.63, 3.8) is 0 Å². The first-order valence-corrected chi connectivity index (χ1v) is 6.42. The Morgan fingerprint density at radius 1 is 1.00 bits per heavy atom. The van der Waals surface area contributed by atoms with Gasteiger partial charge in [-0.2, -0.15) is 0 Å². The number of carbonyl (C=O) groups excluding carboxylic acids is 1. The monoisotopic (exact) mass is 265 g/mol. The van der Waals surface area contributed by atoms with E-state index in [2.05, 4.69) is 10.3 Å². The van der Waals surface area contributed by atoms with Gasteiger partial charge in [0.1, 0.15) is 0 Å². The van der Waals surface area contributed by atoms with Crippen LogP contribution in [0.5, 0.6) is 0 Å². The van der Waals surface area contributed by atoms with Gasteiger partial charge in [-0.3, -0.25) is 4.79 Å². The van der Waals surface area contributed by atoms with Crippen molar-refractivity contribution < 1.29 is 4.79 Å². The Labute approximate surface area is 117 Å². The second kappa shape index (κ2) is 4.81. The molecule has 0 atom stereocenters. The number of rotatable bonds is 2. The summed E-state index contributed by atoms with van der Waals surface area (Å²) in [5.74, 6) is 0.320. The van der Waals surface area contributed by atoms with E-state index in [9.17, 15) is 4.79 Å². The first kappa shape index (κ1) is 12.4. The zero-order valence-electron chi connectivity index (χ0n) is 11.4. The highest BCUT2D eigenvalue weighted by atomic mass is 16.1. The number of hydrogen-bond donors (Lipinski definition) is 1. The average Bonchev–Trinajstić information content (AvgIpc) is 2.77. The fraction of sp³-hybridized carbons (Fsp3) is 0.125. The second-order valence-corrected chi connectivity index (χ2v) is 4.87. The van der Waals surface area contributed by atoms with Crippen LogP contribution in [0.25, 0.3) is 0 Å². The molecule has 1 heterocycles. The fourth-order valence-electron chi connectivity index (χ4n) is 2.13. The van der Waals surface area contributed by atoms with Crippen LogP contribution in [0.4, 0.5) is 17.1 Å².